The van der Waals surface area contributed by atoms with Crippen molar-refractivity contribution < 1.29 is 9.90 Å². The lowest BCUT2D eigenvalue weighted by Crippen LogP contribution is -2.52. The lowest BCUT2D eigenvalue weighted by atomic mass is 10.1. The lowest BCUT2D eigenvalue weighted by Gasteiger charge is -2.37. The second-order valence-electron chi connectivity index (χ2n) is 6.52. The summed E-state index contributed by atoms with van der Waals surface area (Å²) >= 11 is 0. The molecule has 20 heavy (non-hydrogen) atoms. The normalized spacial score (nSPS) is 17.8. The molecule has 5 nitrogen and oxygen atoms in total. The molecule has 118 valence electrons. The van der Waals surface area contributed by atoms with E-state index in [0.717, 1.165) is 45.7 Å². The summed E-state index contributed by atoms with van der Waals surface area (Å²) in [5.74, 6) is 0.260. The van der Waals surface area contributed by atoms with Crippen LogP contribution < -0.4 is 0 Å². The van der Waals surface area contributed by atoms with Crippen LogP contribution >= 0.6 is 0 Å². The predicted molar refractivity (Wildman–Crippen MR) is 81.7 cm³/mol. The van der Waals surface area contributed by atoms with Crippen LogP contribution in [0.3, 0.4) is 0 Å². The molecule has 1 N–H and O–H groups in total. The van der Waals surface area contributed by atoms with Crippen LogP contribution in [0.2, 0.25) is 0 Å². The number of piperazine rings is 1. The summed E-state index contributed by atoms with van der Waals surface area (Å²) in [5.41, 5.74) is -0.658. The number of hydrogen-bond acceptors (Lipinski definition) is 4. The third kappa shape index (κ3) is 6.68. The molecule has 0 aliphatic carbocycles. The molecule has 1 heterocycles. The van der Waals surface area contributed by atoms with Gasteiger partial charge in [-0.2, -0.15) is 0 Å². The molecule has 0 bridgehead atoms. The Balaban J connectivity index is 2.25. The molecular formula is C15H31N3O2. The Labute approximate surface area is 123 Å². The van der Waals surface area contributed by atoms with E-state index in [1.54, 1.807) is 0 Å². The highest BCUT2D eigenvalue weighted by Gasteiger charge is 2.24. The zero-order chi connectivity index (χ0) is 15.2. The quantitative estimate of drug-likeness (QED) is 0.745. The molecule has 0 saturated carbocycles. The van der Waals surface area contributed by atoms with Crippen LogP contribution in [-0.4, -0.2) is 84.2 Å². The van der Waals surface area contributed by atoms with Gasteiger partial charge in [0.2, 0.25) is 5.91 Å². The summed E-state index contributed by atoms with van der Waals surface area (Å²) in [5, 5.41) is 9.81. The highest BCUT2D eigenvalue weighted by molar-refractivity contribution is 5.76. The van der Waals surface area contributed by atoms with Gasteiger partial charge in [-0.3, -0.25) is 9.69 Å². The molecular weight excluding hydrogens is 254 g/mol. The van der Waals surface area contributed by atoms with E-state index in [-0.39, 0.29) is 5.91 Å². The Morgan fingerprint density at radius 1 is 1.20 bits per heavy atom. The SMILES string of the molecule is CCCN(C)CCC(=O)N1CCN(CC(C)(C)O)CC1. The summed E-state index contributed by atoms with van der Waals surface area (Å²) in [6, 6.07) is 0. The molecule has 0 atom stereocenters. The highest BCUT2D eigenvalue weighted by atomic mass is 16.3. The predicted octanol–water partition coefficient (Wildman–Crippen LogP) is 0.633. The summed E-state index contributed by atoms with van der Waals surface area (Å²) in [7, 11) is 2.07. The first-order valence-corrected chi connectivity index (χ1v) is 7.73. The molecule has 5 heteroatoms. The molecule has 1 aliphatic heterocycles. The van der Waals surface area contributed by atoms with Crippen LogP contribution in [0.4, 0.5) is 0 Å². The lowest BCUT2D eigenvalue weighted by molar-refractivity contribution is -0.133. The van der Waals surface area contributed by atoms with Crippen LogP contribution in [0.1, 0.15) is 33.6 Å². The van der Waals surface area contributed by atoms with Gasteiger partial charge in [0.05, 0.1) is 5.60 Å². The van der Waals surface area contributed by atoms with Gasteiger partial charge < -0.3 is 14.9 Å². The van der Waals surface area contributed by atoms with Crippen LogP contribution in [0.15, 0.2) is 0 Å². The van der Waals surface area contributed by atoms with Gasteiger partial charge >= 0.3 is 0 Å². The molecule has 0 aromatic rings. The van der Waals surface area contributed by atoms with E-state index in [9.17, 15) is 9.90 Å². The van der Waals surface area contributed by atoms with Crippen molar-refractivity contribution in [2.24, 2.45) is 0 Å². The number of carbonyl (C=O) groups is 1. The van der Waals surface area contributed by atoms with Gasteiger partial charge in [-0.25, -0.2) is 0 Å². The molecule has 1 amide bonds. The van der Waals surface area contributed by atoms with E-state index in [1.807, 2.05) is 18.7 Å². The molecule has 1 aliphatic rings. The maximum atomic E-state index is 12.1. The van der Waals surface area contributed by atoms with Gasteiger partial charge in [-0.1, -0.05) is 6.92 Å². The molecule has 0 spiro atoms. The minimum atomic E-state index is -0.658. The number of hydrogen-bond donors (Lipinski definition) is 1. The zero-order valence-electron chi connectivity index (χ0n) is 13.6. The Morgan fingerprint density at radius 3 is 2.30 bits per heavy atom. The fourth-order valence-electron chi connectivity index (χ4n) is 2.64. The molecule has 0 unspecified atom stereocenters. The van der Waals surface area contributed by atoms with Crippen molar-refractivity contribution in [3.8, 4) is 0 Å². The molecule has 1 rings (SSSR count). The van der Waals surface area contributed by atoms with Gasteiger partial charge in [0.1, 0.15) is 0 Å². The summed E-state index contributed by atoms with van der Waals surface area (Å²) in [6.07, 6.45) is 1.74. The van der Waals surface area contributed by atoms with Crippen molar-refractivity contribution in [3.63, 3.8) is 0 Å². The average molecular weight is 285 g/mol. The van der Waals surface area contributed by atoms with Crippen LogP contribution in [0.25, 0.3) is 0 Å². The third-order valence-corrected chi connectivity index (χ3v) is 3.65. The second-order valence-corrected chi connectivity index (χ2v) is 6.52. The van der Waals surface area contributed by atoms with E-state index < -0.39 is 5.60 Å². The summed E-state index contributed by atoms with van der Waals surface area (Å²) in [4.78, 5) is 18.5. The molecule has 1 fully saturated rings. The molecule has 1 saturated heterocycles. The van der Waals surface area contributed by atoms with E-state index in [2.05, 4.69) is 23.8 Å². The van der Waals surface area contributed by atoms with Crippen molar-refractivity contribution in [2.45, 2.75) is 39.2 Å². The van der Waals surface area contributed by atoms with Gasteiger partial charge in [0.15, 0.2) is 0 Å². The Hall–Kier alpha value is -0.650. The monoisotopic (exact) mass is 285 g/mol. The highest BCUT2D eigenvalue weighted by Crippen LogP contribution is 2.09. The number of rotatable bonds is 7. The van der Waals surface area contributed by atoms with E-state index in [0.29, 0.717) is 13.0 Å². The smallest absolute Gasteiger partial charge is 0.223 e. The maximum Gasteiger partial charge on any atom is 0.223 e. The fraction of sp³-hybridized carbons (Fsp3) is 0.933. The molecule has 0 radical (unpaired) electrons. The van der Waals surface area contributed by atoms with E-state index >= 15 is 0 Å². The number of nitrogens with zero attached hydrogens (tertiary/aromatic N) is 3. The molecule has 0 aromatic heterocycles. The van der Waals surface area contributed by atoms with E-state index in [4.69, 9.17) is 0 Å². The van der Waals surface area contributed by atoms with Crippen LogP contribution in [0.5, 0.6) is 0 Å². The van der Waals surface area contributed by atoms with Crippen molar-refractivity contribution in [1.82, 2.24) is 14.7 Å². The van der Waals surface area contributed by atoms with Gasteiger partial charge in [0, 0.05) is 45.7 Å². The van der Waals surface area contributed by atoms with E-state index in [1.165, 1.54) is 0 Å². The number of β-amino-alcohol motifs (C(OH)–C–C–N with tert-alkyl or cyclic N) is 1. The Kier molecular flexibility index (Phi) is 6.92. The van der Waals surface area contributed by atoms with Crippen LogP contribution in [-0.2, 0) is 4.79 Å². The first kappa shape index (κ1) is 17.4. The molecule has 0 aromatic carbocycles. The minimum absolute atomic E-state index is 0.260. The minimum Gasteiger partial charge on any atom is -0.389 e. The van der Waals surface area contributed by atoms with Gasteiger partial charge in [-0.05, 0) is 33.9 Å². The second kappa shape index (κ2) is 7.96. The zero-order valence-corrected chi connectivity index (χ0v) is 13.6. The third-order valence-electron chi connectivity index (χ3n) is 3.65. The van der Waals surface area contributed by atoms with Crippen LogP contribution in [0, 0.1) is 0 Å². The van der Waals surface area contributed by atoms with Crippen molar-refractivity contribution in [3.05, 3.63) is 0 Å². The number of carbonyl (C=O) groups excluding carboxylic acids is 1. The van der Waals surface area contributed by atoms with Crippen molar-refractivity contribution >= 4 is 5.91 Å². The number of aliphatic hydroxyl groups is 1. The summed E-state index contributed by atoms with van der Waals surface area (Å²) < 4.78 is 0. The Bertz CT molecular complexity index is 294. The Morgan fingerprint density at radius 2 is 1.80 bits per heavy atom. The fourth-order valence-corrected chi connectivity index (χ4v) is 2.64. The average Bonchev–Trinajstić information content (AvgIpc) is 2.35. The maximum absolute atomic E-state index is 12.1. The first-order chi connectivity index (χ1) is 9.31. The largest absolute Gasteiger partial charge is 0.389 e. The van der Waals surface area contributed by atoms with Gasteiger partial charge in [0.25, 0.3) is 0 Å². The summed E-state index contributed by atoms with van der Waals surface area (Å²) in [6.45, 7) is 11.7. The first-order valence-electron chi connectivity index (χ1n) is 7.73. The van der Waals surface area contributed by atoms with Gasteiger partial charge in [-0.15, -0.1) is 0 Å². The van der Waals surface area contributed by atoms with Crippen molar-refractivity contribution in [1.29, 1.82) is 0 Å². The topological polar surface area (TPSA) is 47.0 Å². The number of amides is 1. The van der Waals surface area contributed by atoms with Crippen molar-refractivity contribution in [2.75, 3.05) is 52.9 Å². The standard InChI is InChI=1S/C15H31N3O2/c1-5-7-16(4)8-6-14(19)18-11-9-17(10-12-18)13-15(2,3)20/h20H,5-13H2,1-4H3.